The van der Waals surface area contributed by atoms with E-state index in [1.54, 1.807) is 6.07 Å². The number of likely N-dealkylation sites (N-methyl/N-ethyl adjacent to an activating group) is 1. The van der Waals surface area contributed by atoms with E-state index in [9.17, 15) is 4.79 Å². The van der Waals surface area contributed by atoms with Crippen LogP contribution in [0, 0.1) is 6.92 Å². The fourth-order valence-corrected chi connectivity index (χ4v) is 3.15. The van der Waals surface area contributed by atoms with E-state index in [0.717, 1.165) is 43.0 Å². The molecule has 100 valence electrons. The van der Waals surface area contributed by atoms with Crippen molar-refractivity contribution >= 4 is 17.3 Å². The number of aryl methyl sites for hydroxylation is 1. The van der Waals surface area contributed by atoms with Gasteiger partial charge in [0.15, 0.2) is 0 Å². The molecule has 2 rings (SSSR count). The maximum absolute atomic E-state index is 10.9. The van der Waals surface area contributed by atoms with Gasteiger partial charge in [-0.3, -0.25) is 4.90 Å². The van der Waals surface area contributed by atoms with Crippen molar-refractivity contribution in [1.82, 2.24) is 4.90 Å². The average Bonchev–Trinajstić information content (AvgIpc) is 2.89. The lowest BCUT2D eigenvalue weighted by molar-refractivity contribution is 0.0701. The summed E-state index contributed by atoms with van der Waals surface area (Å²) in [6, 6.07) is 1.79. The molecule has 0 aliphatic carbocycles. The number of ether oxygens (including phenoxy) is 1. The second-order valence-corrected chi connectivity index (χ2v) is 6.09. The first-order valence-electron chi connectivity index (χ1n) is 6.19. The third-order valence-corrected chi connectivity index (χ3v) is 4.29. The maximum Gasteiger partial charge on any atom is 0.345 e. The molecule has 1 aromatic rings. The summed E-state index contributed by atoms with van der Waals surface area (Å²) < 4.78 is 5.60. The molecule has 1 atom stereocenters. The quantitative estimate of drug-likeness (QED) is 0.891. The molecule has 1 aliphatic heterocycles. The van der Waals surface area contributed by atoms with Crippen molar-refractivity contribution in [2.24, 2.45) is 0 Å². The summed E-state index contributed by atoms with van der Waals surface area (Å²) in [4.78, 5) is 14.6. The number of nitrogens with zero attached hydrogens (tertiary/aromatic N) is 1. The number of aromatic carboxylic acids is 1. The van der Waals surface area contributed by atoms with E-state index in [1.807, 2.05) is 6.92 Å². The van der Waals surface area contributed by atoms with E-state index in [4.69, 9.17) is 9.84 Å². The largest absolute Gasteiger partial charge is 0.477 e. The molecule has 1 aliphatic rings. The Bertz CT molecular complexity index is 424. The first-order chi connectivity index (χ1) is 8.56. The monoisotopic (exact) mass is 269 g/mol. The van der Waals surface area contributed by atoms with Crippen LogP contribution in [-0.2, 0) is 11.3 Å². The van der Waals surface area contributed by atoms with Gasteiger partial charge >= 0.3 is 5.97 Å². The molecule has 0 amide bonds. The predicted molar refractivity (Wildman–Crippen MR) is 71.3 cm³/mol. The summed E-state index contributed by atoms with van der Waals surface area (Å²) in [6.07, 6.45) is 2.62. The molecule has 1 unspecified atom stereocenters. The van der Waals surface area contributed by atoms with Gasteiger partial charge in [0.25, 0.3) is 0 Å². The van der Waals surface area contributed by atoms with Crippen LogP contribution in [0.4, 0.5) is 0 Å². The van der Waals surface area contributed by atoms with Crippen molar-refractivity contribution in [3.05, 3.63) is 21.4 Å². The van der Waals surface area contributed by atoms with Crippen LogP contribution in [-0.4, -0.2) is 42.3 Å². The second kappa shape index (κ2) is 5.82. The van der Waals surface area contributed by atoms with Crippen LogP contribution in [0.5, 0.6) is 0 Å². The summed E-state index contributed by atoms with van der Waals surface area (Å²) in [5.74, 6) is -0.837. The van der Waals surface area contributed by atoms with Gasteiger partial charge in [0, 0.05) is 24.6 Å². The van der Waals surface area contributed by atoms with Gasteiger partial charge in [-0.2, -0.15) is 0 Å². The molecule has 1 N–H and O–H groups in total. The first-order valence-corrected chi connectivity index (χ1v) is 7.00. The molecule has 0 radical (unpaired) electrons. The van der Waals surface area contributed by atoms with Gasteiger partial charge in [0.05, 0.1) is 6.10 Å². The van der Waals surface area contributed by atoms with Crippen LogP contribution in [0.25, 0.3) is 0 Å². The Morgan fingerprint density at radius 3 is 3.00 bits per heavy atom. The van der Waals surface area contributed by atoms with Crippen LogP contribution in [0.2, 0.25) is 0 Å². The minimum atomic E-state index is -0.837. The van der Waals surface area contributed by atoms with Gasteiger partial charge in [0.2, 0.25) is 0 Å². The SMILES string of the molecule is Cc1sc(C(=O)O)cc1CN(C)CC1CCCO1. The van der Waals surface area contributed by atoms with Crippen molar-refractivity contribution in [1.29, 1.82) is 0 Å². The number of rotatable bonds is 5. The third kappa shape index (κ3) is 3.31. The zero-order chi connectivity index (χ0) is 13.1. The Morgan fingerprint density at radius 1 is 1.67 bits per heavy atom. The summed E-state index contributed by atoms with van der Waals surface area (Å²) in [6.45, 7) is 4.55. The number of carboxylic acid groups (broad SMARTS) is 1. The summed E-state index contributed by atoms with van der Waals surface area (Å²) in [5.41, 5.74) is 1.11. The van der Waals surface area contributed by atoms with E-state index in [1.165, 1.54) is 11.3 Å². The third-order valence-electron chi connectivity index (χ3n) is 3.21. The predicted octanol–water partition coefficient (Wildman–Crippen LogP) is 2.37. The van der Waals surface area contributed by atoms with E-state index < -0.39 is 5.97 Å². The van der Waals surface area contributed by atoms with Crippen LogP contribution in [0.1, 0.15) is 33.0 Å². The van der Waals surface area contributed by atoms with Gasteiger partial charge in [-0.1, -0.05) is 0 Å². The Hall–Kier alpha value is -0.910. The Morgan fingerprint density at radius 2 is 2.44 bits per heavy atom. The van der Waals surface area contributed by atoms with Gasteiger partial charge in [-0.05, 0) is 38.4 Å². The molecule has 5 heteroatoms. The fraction of sp³-hybridized carbons (Fsp3) is 0.615. The lowest BCUT2D eigenvalue weighted by atomic mass is 10.2. The lowest BCUT2D eigenvalue weighted by Gasteiger charge is -2.20. The fourth-order valence-electron chi connectivity index (χ4n) is 2.27. The normalized spacial score (nSPS) is 19.6. The summed E-state index contributed by atoms with van der Waals surface area (Å²) >= 11 is 1.35. The molecule has 0 aromatic carbocycles. The summed E-state index contributed by atoms with van der Waals surface area (Å²) in [7, 11) is 2.05. The molecule has 2 heterocycles. The number of hydrogen-bond acceptors (Lipinski definition) is 4. The minimum Gasteiger partial charge on any atom is -0.477 e. The highest BCUT2D eigenvalue weighted by Crippen LogP contribution is 2.23. The molecule has 1 fully saturated rings. The zero-order valence-corrected chi connectivity index (χ0v) is 11.6. The molecule has 0 spiro atoms. The Labute approximate surface area is 111 Å². The van der Waals surface area contributed by atoms with Crippen LogP contribution in [0.3, 0.4) is 0 Å². The smallest absolute Gasteiger partial charge is 0.345 e. The molecular formula is C13H19NO3S. The first kappa shape index (κ1) is 13.5. The van der Waals surface area contributed by atoms with E-state index in [-0.39, 0.29) is 0 Å². The van der Waals surface area contributed by atoms with E-state index in [0.29, 0.717) is 11.0 Å². The van der Waals surface area contributed by atoms with E-state index >= 15 is 0 Å². The van der Waals surface area contributed by atoms with Gasteiger partial charge < -0.3 is 9.84 Å². The van der Waals surface area contributed by atoms with Gasteiger partial charge in [-0.25, -0.2) is 4.79 Å². The zero-order valence-electron chi connectivity index (χ0n) is 10.8. The number of hydrogen-bond donors (Lipinski definition) is 1. The Balaban J connectivity index is 1.93. The highest BCUT2D eigenvalue weighted by Gasteiger charge is 2.18. The molecule has 4 nitrogen and oxygen atoms in total. The number of carboxylic acids is 1. The molecule has 0 saturated carbocycles. The number of carbonyl (C=O) groups is 1. The highest BCUT2D eigenvalue weighted by atomic mass is 32.1. The van der Waals surface area contributed by atoms with Crippen LogP contribution < -0.4 is 0 Å². The molecule has 1 aromatic heterocycles. The molecular weight excluding hydrogens is 250 g/mol. The molecule has 1 saturated heterocycles. The standard InChI is InChI=1S/C13H19NO3S/c1-9-10(6-12(18-9)13(15)16)7-14(2)8-11-4-3-5-17-11/h6,11H,3-5,7-8H2,1-2H3,(H,15,16). The van der Waals surface area contributed by atoms with Crippen molar-refractivity contribution in [3.63, 3.8) is 0 Å². The summed E-state index contributed by atoms with van der Waals surface area (Å²) in [5, 5.41) is 8.96. The molecule has 18 heavy (non-hydrogen) atoms. The van der Waals surface area contributed by atoms with Crippen molar-refractivity contribution < 1.29 is 14.6 Å². The van der Waals surface area contributed by atoms with Gasteiger partial charge in [-0.15, -0.1) is 11.3 Å². The molecule has 0 bridgehead atoms. The lowest BCUT2D eigenvalue weighted by Crippen LogP contribution is -2.28. The second-order valence-electron chi connectivity index (χ2n) is 4.83. The Kier molecular flexibility index (Phi) is 4.37. The number of thiophene rings is 1. The van der Waals surface area contributed by atoms with Crippen LogP contribution in [0.15, 0.2) is 6.07 Å². The van der Waals surface area contributed by atoms with Crippen molar-refractivity contribution in [3.8, 4) is 0 Å². The average molecular weight is 269 g/mol. The van der Waals surface area contributed by atoms with Crippen LogP contribution >= 0.6 is 11.3 Å². The topological polar surface area (TPSA) is 49.8 Å². The van der Waals surface area contributed by atoms with Crippen molar-refractivity contribution in [2.45, 2.75) is 32.4 Å². The maximum atomic E-state index is 10.9. The van der Waals surface area contributed by atoms with Crippen molar-refractivity contribution in [2.75, 3.05) is 20.2 Å². The van der Waals surface area contributed by atoms with Gasteiger partial charge in [0.1, 0.15) is 4.88 Å². The highest BCUT2D eigenvalue weighted by molar-refractivity contribution is 7.14. The minimum absolute atomic E-state index is 0.341. The van der Waals surface area contributed by atoms with E-state index in [2.05, 4.69) is 11.9 Å².